The van der Waals surface area contributed by atoms with Crippen molar-refractivity contribution in [2.24, 2.45) is 0 Å². The summed E-state index contributed by atoms with van der Waals surface area (Å²) >= 11 is 9.06. The summed E-state index contributed by atoms with van der Waals surface area (Å²) in [7, 11) is 0. The first-order chi connectivity index (χ1) is 9.56. The molecular weight excluding hydrogens is 347 g/mol. The quantitative estimate of drug-likeness (QED) is 0.591. The van der Waals surface area contributed by atoms with Crippen LogP contribution in [-0.2, 0) is 0 Å². The fourth-order valence-corrected chi connectivity index (χ4v) is 2.67. The van der Waals surface area contributed by atoms with Gasteiger partial charge < -0.3 is 4.42 Å². The molecule has 0 saturated heterocycles. The predicted molar refractivity (Wildman–Crippen MR) is 78.8 cm³/mol. The van der Waals surface area contributed by atoms with E-state index in [4.69, 9.17) is 16.0 Å². The Kier molecular flexibility index (Phi) is 3.36. The number of rotatable bonds is 2. The zero-order valence-electron chi connectivity index (χ0n) is 9.99. The first-order valence-corrected chi connectivity index (χ1v) is 6.91. The van der Waals surface area contributed by atoms with Crippen molar-refractivity contribution in [2.45, 2.75) is 0 Å². The van der Waals surface area contributed by atoms with E-state index < -0.39 is 11.6 Å². The Labute approximate surface area is 127 Å². The number of fused-ring (bicyclic) bond motifs is 1. The lowest BCUT2D eigenvalue weighted by Gasteiger charge is -2.02. The maximum atomic E-state index is 13.8. The number of furan rings is 1. The molecule has 0 N–H and O–H groups in total. The van der Waals surface area contributed by atoms with Crippen LogP contribution in [0.15, 0.2) is 51.4 Å². The van der Waals surface area contributed by atoms with Crippen LogP contribution in [0.25, 0.3) is 11.0 Å². The highest BCUT2D eigenvalue weighted by atomic mass is 79.9. The van der Waals surface area contributed by atoms with E-state index in [1.807, 2.05) is 0 Å². The standard InChI is InChI=1S/C15H7BrClFO2/c16-10-2-1-3-11(18)14(10)15(19)13-7-8-6-9(17)4-5-12(8)20-13/h1-7H. The van der Waals surface area contributed by atoms with E-state index in [1.165, 1.54) is 12.1 Å². The SMILES string of the molecule is O=C(c1cc2cc(Cl)ccc2o1)c1c(F)cccc1Br. The molecule has 0 aliphatic heterocycles. The van der Waals surface area contributed by atoms with Crippen LogP contribution in [0.4, 0.5) is 4.39 Å². The van der Waals surface area contributed by atoms with E-state index in [-0.39, 0.29) is 11.3 Å². The van der Waals surface area contributed by atoms with Crippen molar-refractivity contribution in [3.8, 4) is 0 Å². The van der Waals surface area contributed by atoms with E-state index in [2.05, 4.69) is 15.9 Å². The summed E-state index contributed by atoms with van der Waals surface area (Å²) in [5.41, 5.74) is 0.489. The van der Waals surface area contributed by atoms with Crippen LogP contribution in [0.5, 0.6) is 0 Å². The lowest BCUT2D eigenvalue weighted by molar-refractivity contribution is 0.101. The lowest BCUT2D eigenvalue weighted by atomic mass is 10.1. The Morgan fingerprint density at radius 1 is 1.20 bits per heavy atom. The van der Waals surface area contributed by atoms with Crippen molar-refractivity contribution in [1.82, 2.24) is 0 Å². The second-order valence-corrected chi connectivity index (χ2v) is 5.51. The van der Waals surface area contributed by atoms with Crippen LogP contribution in [-0.4, -0.2) is 5.78 Å². The Morgan fingerprint density at radius 3 is 2.75 bits per heavy atom. The Morgan fingerprint density at radius 2 is 2.00 bits per heavy atom. The molecular formula is C15H7BrClFO2. The second kappa shape index (κ2) is 5.04. The molecule has 1 heterocycles. The van der Waals surface area contributed by atoms with Crippen molar-refractivity contribution >= 4 is 44.3 Å². The number of hydrogen-bond donors (Lipinski definition) is 0. The third kappa shape index (κ3) is 2.25. The highest BCUT2D eigenvalue weighted by molar-refractivity contribution is 9.10. The van der Waals surface area contributed by atoms with Gasteiger partial charge in [0.05, 0.1) is 5.56 Å². The van der Waals surface area contributed by atoms with Gasteiger partial charge in [0.2, 0.25) is 5.78 Å². The Bertz CT molecular complexity index is 806. The van der Waals surface area contributed by atoms with E-state index in [0.29, 0.717) is 20.5 Å². The summed E-state index contributed by atoms with van der Waals surface area (Å²) in [6.45, 7) is 0. The molecule has 1 aromatic heterocycles. The average Bonchev–Trinajstić information content (AvgIpc) is 2.81. The molecule has 0 amide bonds. The fraction of sp³-hybridized carbons (Fsp3) is 0. The minimum atomic E-state index is -0.595. The first-order valence-electron chi connectivity index (χ1n) is 5.74. The average molecular weight is 354 g/mol. The van der Waals surface area contributed by atoms with Crippen molar-refractivity contribution < 1.29 is 13.6 Å². The van der Waals surface area contributed by atoms with Gasteiger partial charge in [-0.15, -0.1) is 0 Å². The van der Waals surface area contributed by atoms with Crippen LogP contribution in [0, 0.1) is 5.82 Å². The van der Waals surface area contributed by atoms with Gasteiger partial charge in [0.1, 0.15) is 11.4 Å². The van der Waals surface area contributed by atoms with Crippen molar-refractivity contribution in [1.29, 1.82) is 0 Å². The number of halogens is 3. The molecule has 3 rings (SSSR count). The molecule has 20 heavy (non-hydrogen) atoms. The summed E-state index contributed by atoms with van der Waals surface area (Å²) in [4.78, 5) is 12.3. The molecule has 0 atom stereocenters. The molecule has 0 aliphatic carbocycles. The Balaban J connectivity index is 2.13. The van der Waals surface area contributed by atoms with Gasteiger partial charge in [0.15, 0.2) is 5.76 Å². The summed E-state index contributed by atoms with van der Waals surface area (Å²) in [6.07, 6.45) is 0. The summed E-state index contributed by atoms with van der Waals surface area (Å²) in [5, 5.41) is 1.25. The molecule has 0 spiro atoms. The molecule has 0 saturated carbocycles. The largest absolute Gasteiger partial charge is 0.453 e. The number of carbonyl (C=O) groups excluding carboxylic acids is 1. The van der Waals surface area contributed by atoms with Crippen molar-refractivity contribution in [3.63, 3.8) is 0 Å². The van der Waals surface area contributed by atoms with Gasteiger partial charge in [-0.1, -0.05) is 17.7 Å². The lowest BCUT2D eigenvalue weighted by Crippen LogP contribution is -2.04. The normalized spacial score (nSPS) is 10.9. The summed E-state index contributed by atoms with van der Waals surface area (Å²) < 4.78 is 19.6. The minimum Gasteiger partial charge on any atom is -0.453 e. The zero-order valence-corrected chi connectivity index (χ0v) is 12.3. The second-order valence-electron chi connectivity index (χ2n) is 4.22. The molecule has 100 valence electrons. The van der Waals surface area contributed by atoms with Gasteiger partial charge in [-0.2, -0.15) is 0 Å². The van der Waals surface area contributed by atoms with Crippen LogP contribution in [0.3, 0.4) is 0 Å². The van der Waals surface area contributed by atoms with E-state index in [0.717, 1.165) is 0 Å². The minimum absolute atomic E-state index is 0.0438. The maximum Gasteiger partial charge on any atom is 0.232 e. The molecule has 0 aliphatic rings. The molecule has 0 fully saturated rings. The highest BCUT2D eigenvalue weighted by Gasteiger charge is 2.20. The van der Waals surface area contributed by atoms with Crippen LogP contribution >= 0.6 is 27.5 Å². The van der Waals surface area contributed by atoms with Gasteiger partial charge in [-0.25, -0.2) is 4.39 Å². The van der Waals surface area contributed by atoms with E-state index >= 15 is 0 Å². The number of carbonyl (C=O) groups is 1. The van der Waals surface area contributed by atoms with E-state index in [9.17, 15) is 9.18 Å². The third-order valence-corrected chi connectivity index (χ3v) is 3.79. The fourth-order valence-electron chi connectivity index (χ4n) is 1.96. The maximum absolute atomic E-state index is 13.8. The molecule has 2 nitrogen and oxygen atoms in total. The third-order valence-electron chi connectivity index (χ3n) is 2.89. The monoisotopic (exact) mass is 352 g/mol. The van der Waals surface area contributed by atoms with Gasteiger partial charge in [-0.3, -0.25) is 4.79 Å². The van der Waals surface area contributed by atoms with Crippen LogP contribution in [0.2, 0.25) is 5.02 Å². The van der Waals surface area contributed by atoms with Crippen molar-refractivity contribution in [3.05, 3.63) is 69.1 Å². The van der Waals surface area contributed by atoms with E-state index in [1.54, 1.807) is 30.3 Å². The Hall–Kier alpha value is -1.65. The summed E-state index contributed by atoms with van der Waals surface area (Å²) in [5.74, 6) is -1.03. The number of ketones is 1. The van der Waals surface area contributed by atoms with Crippen LogP contribution < -0.4 is 0 Å². The summed E-state index contributed by atoms with van der Waals surface area (Å²) in [6, 6.07) is 10.9. The van der Waals surface area contributed by atoms with Crippen molar-refractivity contribution in [2.75, 3.05) is 0 Å². The highest BCUT2D eigenvalue weighted by Crippen LogP contribution is 2.27. The molecule has 2 aromatic carbocycles. The molecule has 5 heteroatoms. The number of benzene rings is 2. The molecule has 0 bridgehead atoms. The van der Waals surface area contributed by atoms with Gasteiger partial charge in [-0.05, 0) is 52.3 Å². The molecule has 0 unspecified atom stereocenters. The smallest absolute Gasteiger partial charge is 0.232 e. The van der Waals surface area contributed by atoms with Gasteiger partial charge in [0.25, 0.3) is 0 Å². The molecule has 3 aromatic rings. The first kappa shape index (κ1) is 13.3. The zero-order chi connectivity index (χ0) is 14.3. The van der Waals surface area contributed by atoms with Crippen LogP contribution in [0.1, 0.15) is 16.1 Å². The molecule has 0 radical (unpaired) electrons. The number of hydrogen-bond acceptors (Lipinski definition) is 2. The van der Waals surface area contributed by atoms with Gasteiger partial charge >= 0.3 is 0 Å². The topological polar surface area (TPSA) is 30.2 Å². The predicted octanol–water partition coefficient (Wildman–Crippen LogP) is 5.22. The van der Waals surface area contributed by atoms with Gasteiger partial charge in [0, 0.05) is 14.9 Å².